The maximum atomic E-state index is 13.8. The van der Waals surface area contributed by atoms with Crippen molar-refractivity contribution in [3.05, 3.63) is 71.3 Å². The van der Waals surface area contributed by atoms with Crippen molar-refractivity contribution < 1.29 is 23.2 Å². The molecular weight excluding hydrogens is 452 g/mol. The lowest BCUT2D eigenvalue weighted by Crippen LogP contribution is -2.52. The molecule has 1 unspecified atom stereocenters. The molecule has 8 heteroatoms. The van der Waals surface area contributed by atoms with E-state index in [1.807, 2.05) is 57.2 Å². The summed E-state index contributed by atoms with van der Waals surface area (Å²) >= 11 is 0. The van der Waals surface area contributed by atoms with Gasteiger partial charge in [0.15, 0.2) is 0 Å². The molecule has 182 valence electrons. The normalized spacial score (nSPS) is 12.8. The SMILES string of the molecule is Cc1ccc(C)c(OCCN(C(C(=O)NO)C(C)C)S(=O)(=O)c2ccc3ccccc3c2)c1C. The molecule has 0 aliphatic heterocycles. The smallest absolute Gasteiger partial charge is 0.262 e. The zero-order valence-corrected chi connectivity index (χ0v) is 21.0. The Morgan fingerprint density at radius 2 is 1.65 bits per heavy atom. The lowest BCUT2D eigenvalue weighted by Gasteiger charge is -2.32. The number of nitrogens with zero attached hydrogens (tertiary/aromatic N) is 1. The maximum Gasteiger partial charge on any atom is 0.262 e. The van der Waals surface area contributed by atoms with Gasteiger partial charge in [0.2, 0.25) is 10.0 Å². The summed E-state index contributed by atoms with van der Waals surface area (Å²) in [4.78, 5) is 12.6. The summed E-state index contributed by atoms with van der Waals surface area (Å²) in [5.74, 6) is -0.483. The van der Waals surface area contributed by atoms with Crippen molar-refractivity contribution in [2.45, 2.75) is 45.6 Å². The van der Waals surface area contributed by atoms with Crippen LogP contribution in [0.25, 0.3) is 10.8 Å². The highest BCUT2D eigenvalue weighted by Gasteiger charge is 2.38. The van der Waals surface area contributed by atoms with Crippen LogP contribution in [0.4, 0.5) is 0 Å². The summed E-state index contributed by atoms with van der Waals surface area (Å²) in [6, 6.07) is 15.2. The summed E-state index contributed by atoms with van der Waals surface area (Å²) in [5, 5.41) is 11.0. The van der Waals surface area contributed by atoms with Crippen LogP contribution in [0.5, 0.6) is 5.75 Å². The Bertz CT molecular complexity index is 1290. The van der Waals surface area contributed by atoms with Crippen LogP contribution in [0.3, 0.4) is 0 Å². The fourth-order valence-electron chi connectivity index (χ4n) is 4.09. The topological polar surface area (TPSA) is 95.9 Å². The molecule has 0 aliphatic rings. The molecule has 3 rings (SSSR count). The van der Waals surface area contributed by atoms with Gasteiger partial charge in [-0.3, -0.25) is 10.0 Å². The molecule has 0 spiro atoms. The van der Waals surface area contributed by atoms with Crippen LogP contribution in [0.15, 0.2) is 59.5 Å². The van der Waals surface area contributed by atoms with E-state index in [4.69, 9.17) is 4.74 Å². The van der Waals surface area contributed by atoms with Gasteiger partial charge < -0.3 is 4.74 Å². The number of rotatable bonds is 9. The zero-order chi connectivity index (χ0) is 25.0. The van der Waals surface area contributed by atoms with E-state index in [2.05, 4.69) is 0 Å². The second-order valence-electron chi connectivity index (χ2n) is 8.79. The zero-order valence-electron chi connectivity index (χ0n) is 20.2. The van der Waals surface area contributed by atoms with Gasteiger partial charge in [-0.1, -0.05) is 56.3 Å². The molecular formula is C26H32N2O5S. The van der Waals surface area contributed by atoms with Gasteiger partial charge in [0.25, 0.3) is 5.91 Å². The number of ether oxygens (including phenoxy) is 1. The quantitative estimate of drug-likeness (QED) is 0.347. The van der Waals surface area contributed by atoms with E-state index in [0.29, 0.717) is 5.75 Å². The highest BCUT2D eigenvalue weighted by molar-refractivity contribution is 7.89. The average Bonchev–Trinajstić information content (AvgIpc) is 2.81. The maximum absolute atomic E-state index is 13.8. The summed E-state index contributed by atoms with van der Waals surface area (Å²) in [6.07, 6.45) is 0. The van der Waals surface area contributed by atoms with Gasteiger partial charge >= 0.3 is 0 Å². The number of carbonyl (C=O) groups excluding carboxylic acids is 1. The lowest BCUT2D eigenvalue weighted by molar-refractivity contribution is -0.134. The van der Waals surface area contributed by atoms with E-state index < -0.39 is 27.9 Å². The molecule has 34 heavy (non-hydrogen) atoms. The molecule has 1 amide bonds. The minimum Gasteiger partial charge on any atom is -0.492 e. The van der Waals surface area contributed by atoms with Gasteiger partial charge in [0.1, 0.15) is 18.4 Å². The van der Waals surface area contributed by atoms with Gasteiger partial charge in [0.05, 0.1) is 4.90 Å². The molecule has 0 fully saturated rings. The highest BCUT2D eigenvalue weighted by atomic mass is 32.2. The number of benzene rings is 3. The first-order valence-corrected chi connectivity index (χ1v) is 12.7. The summed E-state index contributed by atoms with van der Waals surface area (Å²) in [5.41, 5.74) is 4.63. The number of nitrogens with one attached hydrogen (secondary N) is 1. The van der Waals surface area contributed by atoms with Gasteiger partial charge in [0, 0.05) is 6.54 Å². The Balaban J connectivity index is 1.99. The lowest BCUT2D eigenvalue weighted by atomic mass is 10.0. The van der Waals surface area contributed by atoms with Crippen molar-refractivity contribution in [2.24, 2.45) is 5.92 Å². The number of fused-ring (bicyclic) bond motifs is 1. The van der Waals surface area contributed by atoms with Crippen molar-refractivity contribution in [2.75, 3.05) is 13.2 Å². The highest BCUT2D eigenvalue weighted by Crippen LogP contribution is 2.28. The van der Waals surface area contributed by atoms with Crippen LogP contribution < -0.4 is 10.2 Å². The number of sulfonamides is 1. The first-order valence-electron chi connectivity index (χ1n) is 11.2. The van der Waals surface area contributed by atoms with E-state index in [9.17, 15) is 18.4 Å². The average molecular weight is 485 g/mol. The molecule has 0 saturated carbocycles. The van der Waals surface area contributed by atoms with Crippen LogP contribution >= 0.6 is 0 Å². The number of hydroxylamine groups is 1. The number of amides is 1. The standard InChI is InChI=1S/C26H32N2O5S/c1-17(2)24(26(29)27-30)28(14-15-33-25-19(4)11-10-18(3)20(25)5)34(31,32)23-13-12-21-8-6-7-9-22(21)16-23/h6-13,16-17,24,30H,14-15H2,1-5H3,(H,27,29). The molecule has 0 aliphatic carbocycles. The molecule has 0 radical (unpaired) electrons. The molecule has 0 aromatic heterocycles. The third-order valence-corrected chi connectivity index (χ3v) is 7.96. The van der Waals surface area contributed by atoms with E-state index in [1.165, 1.54) is 6.07 Å². The third-order valence-electron chi connectivity index (χ3n) is 6.08. The Morgan fingerprint density at radius 3 is 2.29 bits per heavy atom. The van der Waals surface area contributed by atoms with Crippen molar-refractivity contribution in [1.82, 2.24) is 9.79 Å². The molecule has 0 heterocycles. The Morgan fingerprint density at radius 1 is 1.00 bits per heavy atom. The minimum absolute atomic E-state index is 0.0415. The van der Waals surface area contributed by atoms with Crippen LogP contribution in [0, 0.1) is 26.7 Å². The van der Waals surface area contributed by atoms with Crippen molar-refractivity contribution >= 4 is 26.7 Å². The monoisotopic (exact) mass is 484 g/mol. The molecule has 3 aromatic rings. The number of carbonyl (C=O) groups is 1. The number of aryl methyl sites for hydroxylation is 2. The van der Waals surface area contributed by atoms with Crippen molar-refractivity contribution in [3.8, 4) is 5.75 Å². The summed E-state index contributed by atoms with van der Waals surface area (Å²) in [7, 11) is -4.09. The first-order chi connectivity index (χ1) is 16.1. The Labute approximate surface area is 201 Å². The van der Waals surface area contributed by atoms with Crippen molar-refractivity contribution in [3.63, 3.8) is 0 Å². The summed E-state index contributed by atoms with van der Waals surface area (Å²) in [6.45, 7) is 9.31. The second-order valence-corrected chi connectivity index (χ2v) is 10.7. The van der Waals surface area contributed by atoms with Crippen LogP contribution in [0.1, 0.15) is 30.5 Å². The molecule has 1 atom stereocenters. The van der Waals surface area contributed by atoms with E-state index in [0.717, 1.165) is 31.8 Å². The molecule has 2 N–H and O–H groups in total. The Kier molecular flexibility index (Phi) is 7.97. The van der Waals surface area contributed by atoms with Crippen LogP contribution in [0.2, 0.25) is 0 Å². The predicted molar refractivity (Wildman–Crippen MR) is 133 cm³/mol. The van der Waals surface area contributed by atoms with Crippen LogP contribution in [-0.2, 0) is 14.8 Å². The number of hydrogen-bond acceptors (Lipinski definition) is 5. The minimum atomic E-state index is -4.09. The van der Waals surface area contributed by atoms with Gasteiger partial charge in [-0.05, 0) is 66.3 Å². The molecule has 3 aromatic carbocycles. The van der Waals surface area contributed by atoms with Crippen molar-refractivity contribution in [1.29, 1.82) is 0 Å². The fraction of sp³-hybridized carbons (Fsp3) is 0.346. The van der Waals surface area contributed by atoms with Crippen LogP contribution in [-0.4, -0.2) is 43.0 Å². The molecule has 7 nitrogen and oxygen atoms in total. The van der Waals surface area contributed by atoms with Gasteiger partial charge in [-0.15, -0.1) is 0 Å². The largest absolute Gasteiger partial charge is 0.492 e. The Hall–Kier alpha value is -2.94. The fourth-order valence-corrected chi connectivity index (χ4v) is 5.83. The second kappa shape index (κ2) is 10.5. The van der Waals surface area contributed by atoms with Gasteiger partial charge in [-0.25, -0.2) is 13.9 Å². The predicted octanol–water partition coefficient (Wildman–Crippen LogP) is 4.36. The van der Waals surface area contributed by atoms with Gasteiger partial charge in [-0.2, -0.15) is 4.31 Å². The summed E-state index contributed by atoms with van der Waals surface area (Å²) < 4.78 is 34.7. The van der Waals surface area contributed by atoms with E-state index in [1.54, 1.807) is 31.5 Å². The molecule has 0 bridgehead atoms. The first kappa shape index (κ1) is 25.7. The number of hydrogen-bond donors (Lipinski definition) is 2. The molecule has 0 saturated heterocycles. The van der Waals surface area contributed by atoms with E-state index in [-0.39, 0.29) is 18.0 Å². The third kappa shape index (κ3) is 5.24. The van der Waals surface area contributed by atoms with E-state index >= 15 is 0 Å².